The van der Waals surface area contributed by atoms with Crippen molar-refractivity contribution in [3.63, 3.8) is 0 Å². The van der Waals surface area contributed by atoms with E-state index in [0.29, 0.717) is 12.2 Å². The summed E-state index contributed by atoms with van der Waals surface area (Å²) in [6, 6.07) is 14.4. The lowest BCUT2D eigenvalue weighted by atomic mass is 10.1. The van der Waals surface area contributed by atoms with E-state index in [1.54, 1.807) is 12.3 Å². The Morgan fingerprint density at radius 2 is 1.79 bits per heavy atom. The maximum Gasteiger partial charge on any atom is 0.418 e. The van der Waals surface area contributed by atoms with Crippen LogP contribution >= 0.6 is 0 Å². The minimum Gasteiger partial charge on any atom is -0.340 e. The number of aryl methyl sites for hydroxylation is 1. The second-order valence-corrected chi connectivity index (χ2v) is 6.51. The second-order valence-electron chi connectivity index (χ2n) is 6.51. The van der Waals surface area contributed by atoms with Gasteiger partial charge in [0.1, 0.15) is 0 Å². The molecule has 0 unspecified atom stereocenters. The highest BCUT2D eigenvalue weighted by atomic mass is 19.4. The first-order valence-electron chi connectivity index (χ1n) is 9.06. The number of nitrogens with zero attached hydrogens (tertiary/aromatic N) is 2. The highest BCUT2D eigenvalue weighted by Gasteiger charge is 2.33. The molecule has 1 aromatic heterocycles. The van der Waals surface area contributed by atoms with Gasteiger partial charge in [0.05, 0.1) is 28.7 Å². The Kier molecular flexibility index (Phi) is 5.87. The molecule has 3 aromatic rings. The van der Waals surface area contributed by atoms with Gasteiger partial charge in [-0.1, -0.05) is 24.3 Å². The van der Waals surface area contributed by atoms with Gasteiger partial charge in [0.2, 0.25) is 0 Å². The molecule has 0 aliphatic rings. The van der Waals surface area contributed by atoms with Gasteiger partial charge in [0.25, 0.3) is 5.91 Å². The zero-order chi connectivity index (χ0) is 21.0. The Hall–Kier alpha value is -3.35. The first kappa shape index (κ1) is 20.4. The first-order chi connectivity index (χ1) is 13.8. The molecule has 2 aromatic carbocycles. The number of anilines is 3. The zero-order valence-electron chi connectivity index (χ0n) is 16.0. The SMILES string of the molecule is CCN(c1cccc(C)c1)c1cncc(C(=O)Nc2ccccc2C(F)(F)F)c1. The van der Waals surface area contributed by atoms with E-state index in [0.717, 1.165) is 17.3 Å². The molecule has 4 nitrogen and oxygen atoms in total. The number of amides is 1. The lowest BCUT2D eigenvalue weighted by molar-refractivity contribution is -0.136. The maximum absolute atomic E-state index is 13.2. The molecule has 29 heavy (non-hydrogen) atoms. The van der Waals surface area contributed by atoms with Crippen molar-refractivity contribution in [1.82, 2.24) is 4.98 Å². The van der Waals surface area contributed by atoms with Gasteiger partial charge >= 0.3 is 6.18 Å². The third-order valence-corrected chi connectivity index (χ3v) is 4.41. The number of nitrogens with one attached hydrogen (secondary N) is 1. The molecule has 0 spiro atoms. The van der Waals surface area contributed by atoms with Crippen LogP contribution in [0.2, 0.25) is 0 Å². The molecule has 0 fully saturated rings. The number of halogens is 3. The predicted octanol–water partition coefficient (Wildman–Crippen LogP) is 5.82. The van der Waals surface area contributed by atoms with E-state index in [-0.39, 0.29) is 11.3 Å². The Bertz CT molecular complexity index is 1020. The summed E-state index contributed by atoms with van der Waals surface area (Å²) >= 11 is 0. The van der Waals surface area contributed by atoms with Crippen LogP contribution in [0.4, 0.5) is 30.2 Å². The Morgan fingerprint density at radius 3 is 2.48 bits per heavy atom. The van der Waals surface area contributed by atoms with E-state index >= 15 is 0 Å². The lowest BCUT2D eigenvalue weighted by Gasteiger charge is -2.23. The molecule has 0 atom stereocenters. The second kappa shape index (κ2) is 8.34. The summed E-state index contributed by atoms with van der Waals surface area (Å²) in [5.41, 5.74) is 1.69. The molecule has 0 saturated carbocycles. The summed E-state index contributed by atoms with van der Waals surface area (Å²) in [5, 5.41) is 2.35. The molecule has 0 saturated heterocycles. The summed E-state index contributed by atoms with van der Waals surface area (Å²) in [6.07, 6.45) is -1.61. The third-order valence-electron chi connectivity index (χ3n) is 4.41. The average Bonchev–Trinajstić information content (AvgIpc) is 2.68. The van der Waals surface area contributed by atoms with Gasteiger partial charge in [0.15, 0.2) is 0 Å². The van der Waals surface area contributed by atoms with E-state index in [9.17, 15) is 18.0 Å². The van der Waals surface area contributed by atoms with Crippen molar-refractivity contribution < 1.29 is 18.0 Å². The first-order valence-corrected chi connectivity index (χ1v) is 9.06. The number of carbonyl (C=O) groups is 1. The molecule has 0 radical (unpaired) electrons. The van der Waals surface area contributed by atoms with Gasteiger partial charge in [-0.25, -0.2) is 0 Å². The van der Waals surface area contributed by atoms with Crippen LogP contribution in [-0.2, 0) is 6.18 Å². The van der Waals surface area contributed by atoms with Crippen LogP contribution < -0.4 is 10.2 Å². The summed E-state index contributed by atoms with van der Waals surface area (Å²) in [4.78, 5) is 18.7. The van der Waals surface area contributed by atoms with Crippen LogP contribution in [0.1, 0.15) is 28.4 Å². The van der Waals surface area contributed by atoms with E-state index in [4.69, 9.17) is 0 Å². The molecule has 0 aliphatic carbocycles. The van der Waals surface area contributed by atoms with Gasteiger partial charge in [0, 0.05) is 18.4 Å². The van der Waals surface area contributed by atoms with Gasteiger partial charge in [-0.2, -0.15) is 13.2 Å². The van der Waals surface area contributed by atoms with Crippen molar-refractivity contribution >= 4 is 23.0 Å². The van der Waals surface area contributed by atoms with Crippen molar-refractivity contribution in [1.29, 1.82) is 0 Å². The summed E-state index contributed by atoms with van der Waals surface area (Å²) in [5.74, 6) is -0.656. The topological polar surface area (TPSA) is 45.2 Å². The van der Waals surface area contributed by atoms with Gasteiger partial charge in [-0.15, -0.1) is 0 Å². The van der Waals surface area contributed by atoms with Crippen LogP contribution in [0.3, 0.4) is 0 Å². The Morgan fingerprint density at radius 1 is 1.03 bits per heavy atom. The van der Waals surface area contributed by atoms with Gasteiger partial charge in [-0.05, 0) is 49.7 Å². The predicted molar refractivity (Wildman–Crippen MR) is 107 cm³/mol. The quantitative estimate of drug-likeness (QED) is 0.588. The molecule has 1 amide bonds. The Balaban J connectivity index is 1.89. The molecule has 150 valence electrons. The van der Waals surface area contributed by atoms with E-state index in [2.05, 4.69) is 10.3 Å². The normalized spacial score (nSPS) is 11.2. The Labute approximate surface area is 167 Å². The molecule has 0 aliphatic heterocycles. The van der Waals surface area contributed by atoms with Crippen LogP contribution in [0.5, 0.6) is 0 Å². The number of hydrogen-bond acceptors (Lipinski definition) is 3. The number of benzene rings is 2. The van der Waals surface area contributed by atoms with E-state index in [1.165, 1.54) is 24.4 Å². The molecule has 3 rings (SSSR count). The molecular weight excluding hydrogens is 379 g/mol. The minimum atomic E-state index is -4.56. The third kappa shape index (κ3) is 4.74. The number of alkyl halides is 3. The summed E-state index contributed by atoms with van der Waals surface area (Å²) in [7, 11) is 0. The van der Waals surface area contributed by atoms with E-state index < -0.39 is 17.6 Å². The van der Waals surface area contributed by atoms with Crippen LogP contribution in [0.25, 0.3) is 0 Å². The number of hydrogen-bond donors (Lipinski definition) is 1. The number of rotatable bonds is 5. The highest BCUT2D eigenvalue weighted by molar-refractivity contribution is 6.05. The minimum absolute atomic E-state index is 0.172. The standard InChI is InChI=1S/C22H20F3N3O/c1-3-28(17-8-6-7-15(2)11-17)18-12-16(13-26-14-18)21(29)27-20-10-5-4-9-19(20)22(23,24)25/h4-14H,3H2,1-2H3,(H,27,29). The maximum atomic E-state index is 13.2. The fraction of sp³-hybridized carbons (Fsp3) is 0.182. The van der Waals surface area contributed by atoms with Gasteiger partial charge < -0.3 is 10.2 Å². The van der Waals surface area contributed by atoms with Crippen molar-refractivity contribution in [3.05, 3.63) is 83.7 Å². The fourth-order valence-corrected chi connectivity index (χ4v) is 3.04. The summed E-state index contributed by atoms with van der Waals surface area (Å²) in [6.45, 7) is 4.58. The molecule has 7 heteroatoms. The smallest absolute Gasteiger partial charge is 0.340 e. The number of pyridine rings is 1. The zero-order valence-corrected chi connectivity index (χ0v) is 16.0. The highest BCUT2D eigenvalue weighted by Crippen LogP contribution is 2.35. The van der Waals surface area contributed by atoms with Gasteiger partial charge in [-0.3, -0.25) is 9.78 Å². The monoisotopic (exact) mass is 399 g/mol. The molecule has 1 N–H and O–H groups in total. The van der Waals surface area contributed by atoms with Crippen molar-refractivity contribution in [3.8, 4) is 0 Å². The number of para-hydroxylation sites is 1. The average molecular weight is 399 g/mol. The van der Waals surface area contributed by atoms with Crippen LogP contribution in [0, 0.1) is 6.92 Å². The molecule has 0 bridgehead atoms. The van der Waals surface area contributed by atoms with E-state index in [1.807, 2.05) is 43.0 Å². The lowest BCUT2D eigenvalue weighted by Crippen LogP contribution is -2.19. The number of carbonyl (C=O) groups excluding carboxylic acids is 1. The number of aromatic nitrogens is 1. The van der Waals surface area contributed by atoms with Crippen LogP contribution in [-0.4, -0.2) is 17.4 Å². The summed E-state index contributed by atoms with van der Waals surface area (Å²) < 4.78 is 39.5. The fourth-order valence-electron chi connectivity index (χ4n) is 3.04. The largest absolute Gasteiger partial charge is 0.418 e. The van der Waals surface area contributed by atoms with Crippen molar-refractivity contribution in [2.24, 2.45) is 0 Å². The molecular formula is C22H20F3N3O. The molecule has 1 heterocycles. The van der Waals surface area contributed by atoms with Crippen molar-refractivity contribution in [2.75, 3.05) is 16.8 Å². The van der Waals surface area contributed by atoms with Crippen molar-refractivity contribution in [2.45, 2.75) is 20.0 Å². The van der Waals surface area contributed by atoms with Crippen LogP contribution in [0.15, 0.2) is 67.0 Å².